The third kappa shape index (κ3) is 3.11. The van der Waals surface area contributed by atoms with Gasteiger partial charge in [0.1, 0.15) is 17.7 Å². The summed E-state index contributed by atoms with van der Waals surface area (Å²) in [6.07, 6.45) is -4.33. The standard InChI is InChI=1S/C10H11F2NO4/c11-4-1-5(12)9(6(13)2-4)10(17)7(14)3-8(15)16/h1-2,7,10,14,17H,3,13H2,(H,15,16). The van der Waals surface area contributed by atoms with Crippen LogP contribution in [-0.4, -0.2) is 27.4 Å². The predicted molar refractivity (Wildman–Crippen MR) is 54.0 cm³/mol. The molecule has 5 N–H and O–H groups in total. The van der Waals surface area contributed by atoms with Gasteiger partial charge in [-0.2, -0.15) is 0 Å². The van der Waals surface area contributed by atoms with Crippen LogP contribution in [0.25, 0.3) is 0 Å². The van der Waals surface area contributed by atoms with Gasteiger partial charge in [0, 0.05) is 17.3 Å². The Kier molecular flexibility index (Phi) is 3.97. The molecule has 0 fully saturated rings. The van der Waals surface area contributed by atoms with Crippen molar-refractivity contribution in [2.45, 2.75) is 18.6 Å². The fourth-order valence-electron chi connectivity index (χ4n) is 1.40. The molecule has 17 heavy (non-hydrogen) atoms. The van der Waals surface area contributed by atoms with E-state index in [1.807, 2.05) is 0 Å². The SMILES string of the molecule is Nc1cc(F)cc(F)c1C(O)C(O)CC(=O)O. The van der Waals surface area contributed by atoms with Crippen molar-refractivity contribution in [1.82, 2.24) is 0 Å². The van der Waals surface area contributed by atoms with Gasteiger partial charge in [-0.3, -0.25) is 4.79 Å². The molecule has 0 saturated carbocycles. The van der Waals surface area contributed by atoms with E-state index >= 15 is 0 Å². The maximum Gasteiger partial charge on any atom is 0.306 e. The first-order chi connectivity index (χ1) is 7.82. The molecule has 0 aliphatic carbocycles. The molecule has 7 heteroatoms. The summed E-state index contributed by atoms with van der Waals surface area (Å²) in [5, 5.41) is 27.3. The monoisotopic (exact) mass is 247 g/mol. The first kappa shape index (κ1) is 13.3. The lowest BCUT2D eigenvalue weighted by Crippen LogP contribution is -2.23. The summed E-state index contributed by atoms with van der Waals surface area (Å²) in [6, 6.07) is 1.26. The average molecular weight is 247 g/mol. The first-order valence-corrected chi connectivity index (χ1v) is 4.65. The van der Waals surface area contributed by atoms with Gasteiger partial charge in [-0.05, 0) is 6.07 Å². The van der Waals surface area contributed by atoms with Gasteiger partial charge >= 0.3 is 5.97 Å². The van der Waals surface area contributed by atoms with E-state index in [4.69, 9.17) is 10.8 Å². The van der Waals surface area contributed by atoms with E-state index in [-0.39, 0.29) is 5.69 Å². The zero-order chi connectivity index (χ0) is 13.2. The van der Waals surface area contributed by atoms with E-state index < -0.39 is 41.8 Å². The lowest BCUT2D eigenvalue weighted by molar-refractivity contribution is -0.141. The number of carboxylic acid groups (broad SMARTS) is 1. The number of aliphatic hydroxyl groups excluding tert-OH is 2. The van der Waals surface area contributed by atoms with Crippen LogP contribution in [0.15, 0.2) is 12.1 Å². The second-order valence-corrected chi connectivity index (χ2v) is 3.50. The van der Waals surface area contributed by atoms with Crippen LogP contribution in [0.3, 0.4) is 0 Å². The number of halogens is 2. The molecule has 2 unspecified atom stereocenters. The lowest BCUT2D eigenvalue weighted by Gasteiger charge is -2.18. The fourth-order valence-corrected chi connectivity index (χ4v) is 1.40. The molecule has 0 aliphatic rings. The van der Waals surface area contributed by atoms with Crippen molar-refractivity contribution in [3.8, 4) is 0 Å². The number of aliphatic hydroxyl groups is 2. The normalized spacial score (nSPS) is 14.4. The summed E-state index contributed by atoms with van der Waals surface area (Å²) < 4.78 is 26.0. The molecule has 0 aliphatic heterocycles. The van der Waals surface area contributed by atoms with Gasteiger partial charge in [-0.15, -0.1) is 0 Å². The molecule has 0 bridgehead atoms. The zero-order valence-electron chi connectivity index (χ0n) is 8.60. The molecular formula is C10H11F2NO4. The molecule has 0 heterocycles. The molecule has 1 aromatic carbocycles. The van der Waals surface area contributed by atoms with Crippen molar-refractivity contribution in [3.05, 3.63) is 29.3 Å². The number of carbonyl (C=O) groups is 1. The van der Waals surface area contributed by atoms with E-state index in [2.05, 4.69) is 0 Å². The Morgan fingerprint density at radius 3 is 2.41 bits per heavy atom. The highest BCUT2D eigenvalue weighted by Gasteiger charge is 2.26. The topological polar surface area (TPSA) is 104 Å². The summed E-state index contributed by atoms with van der Waals surface area (Å²) in [5.74, 6) is -3.43. The highest BCUT2D eigenvalue weighted by Crippen LogP contribution is 2.28. The number of rotatable bonds is 4. The van der Waals surface area contributed by atoms with Crippen molar-refractivity contribution >= 4 is 11.7 Å². The summed E-state index contributed by atoms with van der Waals surface area (Å²) in [4.78, 5) is 10.3. The quantitative estimate of drug-likeness (QED) is 0.577. The highest BCUT2D eigenvalue weighted by atomic mass is 19.1. The zero-order valence-corrected chi connectivity index (χ0v) is 8.60. The second-order valence-electron chi connectivity index (χ2n) is 3.50. The average Bonchev–Trinajstić information content (AvgIpc) is 2.14. The third-order valence-electron chi connectivity index (χ3n) is 2.17. The van der Waals surface area contributed by atoms with Crippen LogP contribution in [0.5, 0.6) is 0 Å². The summed E-state index contributed by atoms with van der Waals surface area (Å²) in [7, 11) is 0. The van der Waals surface area contributed by atoms with Gasteiger partial charge in [0.15, 0.2) is 0 Å². The van der Waals surface area contributed by atoms with E-state index in [0.29, 0.717) is 6.07 Å². The Balaban J connectivity index is 3.03. The van der Waals surface area contributed by atoms with Crippen LogP contribution in [0, 0.1) is 11.6 Å². The minimum Gasteiger partial charge on any atom is -0.481 e. The molecule has 2 atom stereocenters. The number of anilines is 1. The Morgan fingerprint density at radius 1 is 1.35 bits per heavy atom. The van der Waals surface area contributed by atoms with Gasteiger partial charge in [0.2, 0.25) is 0 Å². The largest absolute Gasteiger partial charge is 0.481 e. The number of hydrogen-bond donors (Lipinski definition) is 4. The summed E-state index contributed by atoms with van der Waals surface area (Å²) >= 11 is 0. The smallest absolute Gasteiger partial charge is 0.306 e. The van der Waals surface area contributed by atoms with E-state index in [0.717, 1.165) is 6.07 Å². The van der Waals surface area contributed by atoms with Crippen LogP contribution < -0.4 is 5.73 Å². The Hall–Kier alpha value is -1.73. The predicted octanol–water partition coefficient (Wildman–Crippen LogP) is 0.416. The van der Waals surface area contributed by atoms with Gasteiger partial charge in [-0.25, -0.2) is 8.78 Å². The molecule has 5 nitrogen and oxygen atoms in total. The maximum absolute atomic E-state index is 13.3. The number of benzene rings is 1. The third-order valence-corrected chi connectivity index (χ3v) is 2.17. The highest BCUT2D eigenvalue weighted by molar-refractivity contribution is 5.67. The summed E-state index contributed by atoms with van der Waals surface area (Å²) in [5.41, 5.74) is 4.39. The first-order valence-electron chi connectivity index (χ1n) is 4.65. The number of nitrogens with two attached hydrogens (primary N) is 1. The van der Waals surface area contributed by atoms with Gasteiger partial charge in [0.05, 0.1) is 12.5 Å². The van der Waals surface area contributed by atoms with E-state index in [1.54, 1.807) is 0 Å². The Labute approximate surface area is 95.1 Å². The maximum atomic E-state index is 13.3. The summed E-state index contributed by atoms with van der Waals surface area (Å²) in [6.45, 7) is 0. The van der Waals surface area contributed by atoms with Crippen molar-refractivity contribution in [3.63, 3.8) is 0 Å². The lowest BCUT2D eigenvalue weighted by atomic mass is 10.00. The Morgan fingerprint density at radius 2 is 1.94 bits per heavy atom. The minimum absolute atomic E-state index is 0.389. The van der Waals surface area contributed by atoms with Crippen LogP contribution in [-0.2, 0) is 4.79 Å². The van der Waals surface area contributed by atoms with Crippen molar-refractivity contribution in [2.24, 2.45) is 0 Å². The molecule has 94 valence electrons. The molecule has 0 aromatic heterocycles. The van der Waals surface area contributed by atoms with Crippen LogP contribution in [0.4, 0.5) is 14.5 Å². The molecular weight excluding hydrogens is 236 g/mol. The van der Waals surface area contributed by atoms with Crippen LogP contribution in [0.2, 0.25) is 0 Å². The molecule has 0 amide bonds. The second kappa shape index (κ2) is 5.07. The fraction of sp³-hybridized carbons (Fsp3) is 0.300. The van der Waals surface area contributed by atoms with Crippen molar-refractivity contribution < 1.29 is 28.9 Å². The van der Waals surface area contributed by atoms with E-state index in [1.165, 1.54) is 0 Å². The van der Waals surface area contributed by atoms with Crippen LogP contribution >= 0.6 is 0 Å². The number of aliphatic carboxylic acids is 1. The van der Waals surface area contributed by atoms with Crippen molar-refractivity contribution in [1.29, 1.82) is 0 Å². The van der Waals surface area contributed by atoms with Gasteiger partial charge in [-0.1, -0.05) is 0 Å². The van der Waals surface area contributed by atoms with Crippen LogP contribution in [0.1, 0.15) is 18.1 Å². The van der Waals surface area contributed by atoms with Crippen molar-refractivity contribution in [2.75, 3.05) is 5.73 Å². The van der Waals surface area contributed by atoms with E-state index in [9.17, 15) is 23.8 Å². The molecule has 0 saturated heterocycles. The molecule has 1 aromatic rings. The Bertz CT molecular complexity index is 415. The molecule has 0 radical (unpaired) electrons. The minimum atomic E-state index is -1.83. The number of carboxylic acids is 1. The number of nitrogen functional groups attached to an aromatic ring is 1. The van der Waals surface area contributed by atoms with Gasteiger partial charge < -0.3 is 21.1 Å². The number of hydrogen-bond acceptors (Lipinski definition) is 4. The molecule has 0 spiro atoms. The van der Waals surface area contributed by atoms with Gasteiger partial charge in [0.25, 0.3) is 0 Å². The molecule has 1 rings (SSSR count).